The number of amides is 2. The lowest BCUT2D eigenvalue weighted by Crippen LogP contribution is -2.56. The van der Waals surface area contributed by atoms with E-state index in [1.165, 1.54) is 6.42 Å². The third-order valence-corrected chi connectivity index (χ3v) is 7.84. The number of fused-ring (bicyclic) bond motifs is 4. The maximum absolute atomic E-state index is 13.4. The number of hydrogen-bond acceptors (Lipinski definition) is 4. The lowest BCUT2D eigenvalue weighted by Gasteiger charge is -2.45. The summed E-state index contributed by atoms with van der Waals surface area (Å²) in [5, 5.41) is 12.0. The van der Waals surface area contributed by atoms with Crippen LogP contribution in [0.25, 0.3) is 11.1 Å². The molecule has 7 nitrogen and oxygen atoms in total. The third kappa shape index (κ3) is 4.77. The lowest BCUT2D eigenvalue weighted by atomic mass is 9.78. The fraction of sp³-hybridized carbons (Fsp3) is 0.464. The fourth-order valence-corrected chi connectivity index (χ4v) is 6.26. The minimum Gasteiger partial charge on any atom is -0.481 e. The van der Waals surface area contributed by atoms with E-state index < -0.39 is 24.5 Å². The summed E-state index contributed by atoms with van der Waals surface area (Å²) in [6.45, 7) is 0.727. The van der Waals surface area contributed by atoms with Crippen molar-refractivity contribution in [2.75, 3.05) is 13.2 Å². The normalized spacial score (nSPS) is 21.9. The highest BCUT2D eigenvalue weighted by Crippen LogP contribution is 2.44. The zero-order valence-electron chi connectivity index (χ0n) is 19.8. The number of nitrogens with zero attached hydrogens (tertiary/aromatic N) is 1. The standard InChI is InChI=1S/C28H32N2O5/c31-26(32)16-24(27(33)30-15-7-9-18-8-1-6-14-25(18)30)29-28(34)35-17-23-21-12-4-2-10-19(21)20-11-3-5-13-22(20)23/h2-5,10-13,18,23-25H,1,6-9,14-17H2,(H,29,34)(H,31,32)/t18-,24?,25-/m1/s1. The molecule has 1 aliphatic heterocycles. The molecule has 0 spiro atoms. The first-order valence-electron chi connectivity index (χ1n) is 12.7. The predicted octanol–water partition coefficient (Wildman–Crippen LogP) is 4.55. The molecule has 2 aromatic rings. The quantitative estimate of drug-likeness (QED) is 0.638. The number of carbonyl (C=O) groups excluding carboxylic acids is 2. The van der Waals surface area contributed by atoms with Gasteiger partial charge in [0.2, 0.25) is 5.91 Å². The van der Waals surface area contributed by atoms with Gasteiger partial charge in [0, 0.05) is 18.5 Å². The molecule has 1 heterocycles. The van der Waals surface area contributed by atoms with Crippen molar-refractivity contribution in [3.63, 3.8) is 0 Å². The van der Waals surface area contributed by atoms with Crippen LogP contribution in [0.2, 0.25) is 0 Å². The molecular weight excluding hydrogens is 444 g/mol. The number of carboxylic acid groups (broad SMARTS) is 1. The van der Waals surface area contributed by atoms with Crippen molar-refractivity contribution in [2.45, 2.75) is 62.9 Å². The zero-order valence-corrected chi connectivity index (χ0v) is 19.8. The number of piperidine rings is 1. The molecule has 5 rings (SSSR count). The van der Waals surface area contributed by atoms with Gasteiger partial charge in [0.1, 0.15) is 12.6 Å². The lowest BCUT2D eigenvalue weighted by molar-refractivity contribution is -0.145. The number of hydrogen-bond donors (Lipinski definition) is 2. The summed E-state index contributed by atoms with van der Waals surface area (Å²) in [6, 6.07) is 15.1. The minimum atomic E-state index is -1.14. The molecule has 1 saturated heterocycles. The number of ether oxygens (including phenoxy) is 1. The number of alkyl carbamates (subject to hydrolysis) is 1. The van der Waals surface area contributed by atoms with Gasteiger partial charge in [0.25, 0.3) is 0 Å². The summed E-state index contributed by atoms with van der Waals surface area (Å²) < 4.78 is 5.58. The van der Waals surface area contributed by atoms with Crippen LogP contribution in [0.4, 0.5) is 4.79 Å². The smallest absolute Gasteiger partial charge is 0.407 e. The Hall–Kier alpha value is -3.35. The van der Waals surface area contributed by atoms with Crippen LogP contribution in [0.1, 0.15) is 62.0 Å². The molecule has 3 atom stereocenters. The second kappa shape index (κ2) is 10.1. The maximum atomic E-state index is 13.4. The van der Waals surface area contributed by atoms with Crippen molar-refractivity contribution in [1.29, 1.82) is 0 Å². The van der Waals surface area contributed by atoms with Gasteiger partial charge in [-0.05, 0) is 53.9 Å². The highest BCUT2D eigenvalue weighted by atomic mass is 16.5. The van der Waals surface area contributed by atoms with Crippen LogP contribution in [-0.4, -0.2) is 53.2 Å². The Morgan fingerprint density at radius 2 is 1.57 bits per heavy atom. The molecule has 0 radical (unpaired) electrons. The van der Waals surface area contributed by atoms with Crippen LogP contribution in [0.15, 0.2) is 48.5 Å². The van der Waals surface area contributed by atoms with E-state index in [-0.39, 0.29) is 24.5 Å². The van der Waals surface area contributed by atoms with Gasteiger partial charge >= 0.3 is 12.1 Å². The predicted molar refractivity (Wildman–Crippen MR) is 131 cm³/mol. The number of likely N-dealkylation sites (tertiary alicyclic amines) is 1. The SMILES string of the molecule is O=C(O)CC(NC(=O)OCC1c2ccccc2-c2ccccc21)C(=O)N1CCC[C@H]2CCCC[C@H]21. The Labute approximate surface area is 205 Å². The third-order valence-electron chi connectivity index (χ3n) is 7.84. The summed E-state index contributed by atoms with van der Waals surface area (Å²) >= 11 is 0. The summed E-state index contributed by atoms with van der Waals surface area (Å²) in [5.74, 6) is -1.06. The number of benzene rings is 2. The minimum absolute atomic E-state index is 0.105. The second-order valence-corrected chi connectivity index (χ2v) is 9.91. The summed E-state index contributed by atoms with van der Waals surface area (Å²) in [6.07, 6.45) is 5.11. The van der Waals surface area contributed by atoms with E-state index in [9.17, 15) is 19.5 Å². The molecular formula is C28H32N2O5. The molecule has 2 fully saturated rings. The Morgan fingerprint density at radius 3 is 2.26 bits per heavy atom. The highest BCUT2D eigenvalue weighted by Gasteiger charge is 2.39. The van der Waals surface area contributed by atoms with Crippen LogP contribution in [0.3, 0.4) is 0 Å². The first-order valence-corrected chi connectivity index (χ1v) is 12.7. The van der Waals surface area contributed by atoms with Crippen LogP contribution in [0.5, 0.6) is 0 Å². The number of rotatable bonds is 6. The van der Waals surface area contributed by atoms with Crippen LogP contribution in [-0.2, 0) is 14.3 Å². The molecule has 2 N–H and O–H groups in total. The van der Waals surface area contributed by atoms with Gasteiger partial charge in [-0.15, -0.1) is 0 Å². The molecule has 2 amide bonds. The van der Waals surface area contributed by atoms with Gasteiger partial charge in [-0.3, -0.25) is 9.59 Å². The summed E-state index contributed by atoms with van der Waals surface area (Å²) in [7, 11) is 0. The number of aliphatic carboxylic acids is 1. The maximum Gasteiger partial charge on any atom is 0.407 e. The Kier molecular flexibility index (Phi) is 6.75. The monoisotopic (exact) mass is 476 g/mol. The van der Waals surface area contributed by atoms with Crippen LogP contribution in [0, 0.1) is 5.92 Å². The van der Waals surface area contributed by atoms with E-state index in [0.717, 1.165) is 54.4 Å². The molecule has 7 heteroatoms. The zero-order chi connectivity index (χ0) is 24.4. The second-order valence-electron chi connectivity index (χ2n) is 9.91. The molecule has 1 unspecified atom stereocenters. The van der Waals surface area contributed by atoms with Crippen molar-refractivity contribution in [3.8, 4) is 11.1 Å². The molecule has 0 aromatic heterocycles. The van der Waals surface area contributed by atoms with E-state index in [1.807, 2.05) is 41.3 Å². The Bertz CT molecular complexity index is 1070. The van der Waals surface area contributed by atoms with Crippen molar-refractivity contribution in [1.82, 2.24) is 10.2 Å². The van der Waals surface area contributed by atoms with Gasteiger partial charge in [-0.2, -0.15) is 0 Å². The summed E-state index contributed by atoms with van der Waals surface area (Å²) in [5.41, 5.74) is 4.44. The van der Waals surface area contributed by atoms with E-state index >= 15 is 0 Å². The van der Waals surface area contributed by atoms with E-state index in [4.69, 9.17) is 4.74 Å². The average molecular weight is 477 g/mol. The van der Waals surface area contributed by atoms with Gasteiger partial charge in [-0.1, -0.05) is 61.4 Å². The van der Waals surface area contributed by atoms with Crippen molar-refractivity contribution < 1.29 is 24.2 Å². The molecule has 3 aliphatic rings. The van der Waals surface area contributed by atoms with Crippen LogP contribution >= 0.6 is 0 Å². The fourth-order valence-electron chi connectivity index (χ4n) is 6.26. The molecule has 2 aromatic carbocycles. The van der Waals surface area contributed by atoms with Gasteiger partial charge in [0.15, 0.2) is 0 Å². The molecule has 1 saturated carbocycles. The van der Waals surface area contributed by atoms with E-state index in [2.05, 4.69) is 17.4 Å². The Balaban J connectivity index is 1.27. The molecule has 2 aliphatic carbocycles. The van der Waals surface area contributed by atoms with Crippen molar-refractivity contribution >= 4 is 18.0 Å². The first-order chi connectivity index (χ1) is 17.0. The first kappa shape index (κ1) is 23.4. The average Bonchev–Trinajstić information content (AvgIpc) is 3.20. The molecule has 0 bridgehead atoms. The largest absolute Gasteiger partial charge is 0.481 e. The van der Waals surface area contributed by atoms with Crippen LogP contribution < -0.4 is 5.32 Å². The number of carbonyl (C=O) groups is 3. The van der Waals surface area contributed by atoms with E-state index in [1.54, 1.807) is 0 Å². The van der Waals surface area contributed by atoms with Gasteiger partial charge < -0.3 is 20.1 Å². The number of carboxylic acids is 1. The highest BCUT2D eigenvalue weighted by molar-refractivity contribution is 5.89. The van der Waals surface area contributed by atoms with E-state index in [0.29, 0.717) is 12.5 Å². The van der Waals surface area contributed by atoms with Crippen molar-refractivity contribution in [2.24, 2.45) is 5.92 Å². The number of nitrogens with one attached hydrogen (secondary N) is 1. The van der Waals surface area contributed by atoms with Gasteiger partial charge in [0.05, 0.1) is 6.42 Å². The molecule has 184 valence electrons. The summed E-state index contributed by atoms with van der Waals surface area (Å²) in [4.78, 5) is 39.6. The van der Waals surface area contributed by atoms with Gasteiger partial charge in [-0.25, -0.2) is 4.79 Å². The molecule has 35 heavy (non-hydrogen) atoms. The topological polar surface area (TPSA) is 95.9 Å². The Morgan fingerprint density at radius 1 is 0.943 bits per heavy atom. The van der Waals surface area contributed by atoms with Crippen molar-refractivity contribution in [3.05, 3.63) is 59.7 Å².